The van der Waals surface area contributed by atoms with Gasteiger partial charge >= 0.3 is 29.6 Å². The van der Waals surface area contributed by atoms with E-state index >= 15 is 0 Å². The third-order valence-electron chi connectivity index (χ3n) is 0.558. The van der Waals surface area contributed by atoms with Gasteiger partial charge in [0.05, 0.1) is 0 Å². The van der Waals surface area contributed by atoms with Crippen molar-refractivity contribution in [2.75, 3.05) is 12.3 Å². The summed E-state index contributed by atoms with van der Waals surface area (Å²) in [7, 11) is 0. The van der Waals surface area contributed by atoms with Gasteiger partial charge in [-0.3, -0.25) is 0 Å². The van der Waals surface area contributed by atoms with Gasteiger partial charge in [-0.1, -0.05) is 4.38 Å². The first kappa shape index (κ1) is 8.24. The summed E-state index contributed by atoms with van der Waals surface area (Å²) in [4.78, 5) is 3.93. The summed E-state index contributed by atoms with van der Waals surface area (Å²) in [6.45, 7) is 0.934. The first-order valence-corrected chi connectivity index (χ1v) is 3.13. The molecule has 0 unspecified atom stereocenters. The Balaban J connectivity index is 0.000000360. The van der Waals surface area contributed by atoms with E-state index in [2.05, 4.69) is 4.99 Å². The van der Waals surface area contributed by atoms with Gasteiger partial charge in [-0.05, 0) is 0 Å². The van der Waals surface area contributed by atoms with E-state index < -0.39 is 0 Å². The van der Waals surface area contributed by atoms with E-state index in [4.69, 9.17) is 12.6 Å². The van der Waals surface area contributed by atoms with Crippen LogP contribution in [0.15, 0.2) is 4.99 Å². The Hall–Kier alpha value is 1.24. The first-order valence-electron chi connectivity index (χ1n) is 1.74. The van der Waals surface area contributed by atoms with E-state index in [1.807, 2.05) is 0 Å². The molecule has 0 amide bonds. The Morgan fingerprint density at radius 2 is 2.43 bits per heavy atom. The Labute approximate surface area is 75.1 Å². The van der Waals surface area contributed by atoms with Gasteiger partial charge in [-0.2, -0.15) is 0 Å². The molecule has 34 valence electrons. The summed E-state index contributed by atoms with van der Waals surface area (Å²) >= 11 is 6.38. The zero-order valence-electron chi connectivity index (χ0n) is 4.18. The van der Waals surface area contributed by atoms with Crippen molar-refractivity contribution in [2.24, 2.45) is 4.99 Å². The number of nitrogens with zero attached hydrogens (tertiary/aromatic N) is 1. The topological polar surface area (TPSA) is 12.4 Å². The van der Waals surface area contributed by atoms with Crippen LogP contribution in [0.3, 0.4) is 0 Å². The fraction of sp³-hybridized carbons (Fsp3) is 0.667. The second-order valence-corrected chi connectivity index (χ2v) is 2.72. The smallest absolute Gasteiger partial charge is 0.754 e. The number of rotatable bonds is 0. The third-order valence-corrected chi connectivity index (χ3v) is 1.80. The predicted molar refractivity (Wildman–Crippen MR) is 32.1 cm³/mol. The van der Waals surface area contributed by atoms with Crippen molar-refractivity contribution < 1.29 is 29.6 Å². The van der Waals surface area contributed by atoms with Crippen molar-refractivity contribution in [1.82, 2.24) is 0 Å². The monoisotopic (exact) mass is 141 g/mol. The standard InChI is InChI=1S/C3H5NS2.Na/c5-3-4-1-2-6-3;/h1-2H2,(H,4,5);/q;+1/p-1. The molecule has 1 nitrogen and oxygen atoms in total. The molecule has 0 saturated heterocycles. The number of aliphatic imine (C=N–C) groups is 1. The molecular weight excluding hydrogens is 137 g/mol. The van der Waals surface area contributed by atoms with E-state index in [0.717, 1.165) is 16.7 Å². The normalized spacial score (nSPS) is 18.0. The van der Waals surface area contributed by atoms with Crippen LogP contribution in [0.4, 0.5) is 0 Å². The molecule has 4 heteroatoms. The molecule has 0 aromatic carbocycles. The van der Waals surface area contributed by atoms with Gasteiger partial charge in [0, 0.05) is 12.3 Å². The molecule has 1 heterocycles. The van der Waals surface area contributed by atoms with Gasteiger partial charge in [0.2, 0.25) is 0 Å². The van der Waals surface area contributed by atoms with Crippen molar-refractivity contribution in [3.05, 3.63) is 0 Å². The molecule has 0 bridgehead atoms. The van der Waals surface area contributed by atoms with Crippen LogP contribution in [0.1, 0.15) is 0 Å². The molecular formula is C3H4NNaS2. The van der Waals surface area contributed by atoms with Crippen LogP contribution in [0.5, 0.6) is 0 Å². The fourth-order valence-electron chi connectivity index (χ4n) is 0.316. The predicted octanol–water partition coefficient (Wildman–Crippen LogP) is -2.36. The molecule has 1 aliphatic rings. The van der Waals surface area contributed by atoms with Gasteiger partial charge in [-0.25, -0.2) is 0 Å². The first-order chi connectivity index (χ1) is 2.89. The average Bonchev–Trinajstić information content (AvgIpc) is 1.86. The van der Waals surface area contributed by atoms with E-state index in [9.17, 15) is 0 Å². The molecule has 7 heavy (non-hydrogen) atoms. The maximum Gasteiger partial charge on any atom is 1.00 e. The fourth-order valence-corrected chi connectivity index (χ4v) is 1.20. The van der Waals surface area contributed by atoms with Crippen LogP contribution in [-0.4, -0.2) is 16.7 Å². The SMILES string of the molecule is [Na+].[S-]C1=NCCS1. The zero-order valence-corrected chi connectivity index (χ0v) is 7.81. The Kier molecular flexibility index (Phi) is 4.89. The van der Waals surface area contributed by atoms with Crippen molar-refractivity contribution in [3.8, 4) is 0 Å². The van der Waals surface area contributed by atoms with Crippen molar-refractivity contribution in [2.45, 2.75) is 0 Å². The molecule has 0 aromatic rings. The minimum absolute atomic E-state index is 0. The second-order valence-electron chi connectivity index (χ2n) is 0.996. The average molecular weight is 141 g/mol. The minimum Gasteiger partial charge on any atom is -0.754 e. The van der Waals surface area contributed by atoms with Gasteiger partial charge in [-0.15, -0.1) is 11.8 Å². The van der Waals surface area contributed by atoms with E-state index in [1.54, 1.807) is 11.8 Å². The Morgan fingerprint density at radius 1 is 1.71 bits per heavy atom. The van der Waals surface area contributed by atoms with Gasteiger partial charge < -0.3 is 17.6 Å². The molecule has 0 saturated carbocycles. The quantitative estimate of drug-likeness (QED) is 0.276. The van der Waals surface area contributed by atoms with E-state index in [1.165, 1.54) is 0 Å². The van der Waals surface area contributed by atoms with Crippen LogP contribution in [0.2, 0.25) is 0 Å². The summed E-state index contributed by atoms with van der Waals surface area (Å²) < 4.78 is 0.829. The number of thioether (sulfide) groups is 1. The van der Waals surface area contributed by atoms with Crippen LogP contribution < -0.4 is 29.6 Å². The summed E-state index contributed by atoms with van der Waals surface area (Å²) in [5.74, 6) is 1.10. The van der Waals surface area contributed by atoms with Crippen molar-refractivity contribution in [3.63, 3.8) is 0 Å². The summed E-state index contributed by atoms with van der Waals surface area (Å²) in [5.41, 5.74) is 0. The molecule has 0 aromatic heterocycles. The molecule has 0 fully saturated rings. The van der Waals surface area contributed by atoms with Crippen LogP contribution >= 0.6 is 11.8 Å². The summed E-state index contributed by atoms with van der Waals surface area (Å²) in [5, 5.41) is 0. The molecule has 0 spiro atoms. The Morgan fingerprint density at radius 3 is 2.57 bits per heavy atom. The largest absolute Gasteiger partial charge is 1.00 e. The van der Waals surface area contributed by atoms with Gasteiger partial charge in [0.1, 0.15) is 0 Å². The van der Waals surface area contributed by atoms with Gasteiger partial charge in [0.25, 0.3) is 0 Å². The number of hydrogen-bond donors (Lipinski definition) is 0. The van der Waals surface area contributed by atoms with Crippen LogP contribution in [0.25, 0.3) is 0 Å². The molecule has 0 aliphatic carbocycles. The van der Waals surface area contributed by atoms with Crippen molar-refractivity contribution >= 4 is 28.8 Å². The van der Waals surface area contributed by atoms with Crippen molar-refractivity contribution in [1.29, 1.82) is 0 Å². The van der Waals surface area contributed by atoms with E-state index in [0.29, 0.717) is 0 Å². The zero-order chi connectivity index (χ0) is 4.41. The maximum atomic E-state index is 4.72. The maximum absolute atomic E-state index is 4.72. The summed E-state index contributed by atoms with van der Waals surface area (Å²) in [6.07, 6.45) is 0. The molecule has 1 rings (SSSR count). The summed E-state index contributed by atoms with van der Waals surface area (Å²) in [6, 6.07) is 0. The van der Waals surface area contributed by atoms with E-state index in [-0.39, 0.29) is 29.6 Å². The van der Waals surface area contributed by atoms with Crippen LogP contribution in [0, 0.1) is 0 Å². The molecule has 0 N–H and O–H groups in total. The second kappa shape index (κ2) is 4.15. The van der Waals surface area contributed by atoms with Gasteiger partial charge in [0.15, 0.2) is 0 Å². The minimum atomic E-state index is 0. The third kappa shape index (κ3) is 2.93. The van der Waals surface area contributed by atoms with Crippen LogP contribution in [-0.2, 0) is 12.6 Å². The number of hydrogen-bond acceptors (Lipinski definition) is 3. The molecule has 0 atom stereocenters. The molecule has 1 aliphatic heterocycles. The molecule has 0 radical (unpaired) electrons. The Bertz CT molecular complexity index is 83.0.